The number of amides is 1. The van der Waals surface area contributed by atoms with E-state index in [0.29, 0.717) is 5.56 Å². The van der Waals surface area contributed by atoms with E-state index in [9.17, 15) is 36.6 Å². The van der Waals surface area contributed by atoms with Gasteiger partial charge in [-0.25, -0.2) is 31.5 Å². The van der Waals surface area contributed by atoms with Crippen molar-refractivity contribution in [1.82, 2.24) is 5.32 Å². The summed E-state index contributed by atoms with van der Waals surface area (Å²) in [6, 6.07) is 18.7. The quantitative estimate of drug-likeness (QED) is 0.154. The molecule has 204 valence electrons. The highest BCUT2D eigenvalue weighted by molar-refractivity contribution is 5.81. The van der Waals surface area contributed by atoms with Crippen LogP contribution in [0.3, 0.4) is 0 Å². The Kier molecular flexibility index (Phi) is 7.25. The fraction of sp³-hybridized carbons (Fsp3) is 0.133. The molecule has 5 nitrogen and oxygen atoms in total. The molecule has 0 aliphatic heterocycles. The van der Waals surface area contributed by atoms with Gasteiger partial charge in [0.15, 0.2) is 23.3 Å². The number of hydrogen-bond acceptors (Lipinski definition) is 3. The zero-order chi connectivity index (χ0) is 28.6. The molecule has 4 aromatic carbocycles. The molecule has 1 aliphatic rings. The minimum atomic E-state index is -2.26. The van der Waals surface area contributed by atoms with Gasteiger partial charge in [0.05, 0.1) is 5.56 Å². The Hall–Kier alpha value is -4.73. The third-order valence-corrected chi connectivity index (χ3v) is 6.83. The monoisotopic (exact) mass is 553 g/mol. The fourth-order valence-electron chi connectivity index (χ4n) is 4.88. The van der Waals surface area contributed by atoms with E-state index in [1.54, 1.807) is 0 Å². The van der Waals surface area contributed by atoms with Gasteiger partial charge in [-0.2, -0.15) is 0 Å². The molecular weight excluding hydrogens is 533 g/mol. The molecule has 1 aliphatic carbocycles. The second-order valence-corrected chi connectivity index (χ2v) is 9.21. The fourth-order valence-corrected chi connectivity index (χ4v) is 4.88. The highest BCUT2D eigenvalue weighted by atomic mass is 19.2. The molecule has 40 heavy (non-hydrogen) atoms. The van der Waals surface area contributed by atoms with E-state index in [1.807, 2.05) is 48.5 Å². The van der Waals surface area contributed by atoms with Crippen molar-refractivity contribution >= 4 is 12.1 Å². The Balaban J connectivity index is 1.26. The van der Waals surface area contributed by atoms with Crippen LogP contribution < -0.4 is 5.32 Å². The van der Waals surface area contributed by atoms with Gasteiger partial charge in [0.25, 0.3) is 0 Å². The van der Waals surface area contributed by atoms with Gasteiger partial charge in [0.1, 0.15) is 12.6 Å². The average molecular weight is 553 g/mol. The first-order valence-corrected chi connectivity index (χ1v) is 12.1. The van der Waals surface area contributed by atoms with Crippen LogP contribution in [-0.2, 0) is 16.0 Å². The molecule has 0 bridgehead atoms. The van der Waals surface area contributed by atoms with Gasteiger partial charge < -0.3 is 15.2 Å². The number of hydrogen-bond donors (Lipinski definition) is 2. The van der Waals surface area contributed by atoms with Crippen LogP contribution in [-0.4, -0.2) is 29.8 Å². The molecule has 4 aromatic rings. The first kappa shape index (κ1) is 26.9. The summed E-state index contributed by atoms with van der Waals surface area (Å²) in [5.74, 6) is -12.0. The Bertz CT molecular complexity index is 1550. The number of alkyl carbamates (subject to hydrolysis) is 1. The number of benzene rings is 4. The minimum absolute atomic E-state index is 0.0250. The van der Waals surface area contributed by atoms with Crippen molar-refractivity contribution in [2.24, 2.45) is 0 Å². The zero-order valence-corrected chi connectivity index (χ0v) is 20.6. The smallest absolute Gasteiger partial charge is 0.407 e. The zero-order valence-electron chi connectivity index (χ0n) is 20.6. The van der Waals surface area contributed by atoms with E-state index >= 15 is 0 Å². The lowest BCUT2D eigenvalue weighted by Gasteiger charge is -2.18. The molecule has 0 spiro atoms. The third kappa shape index (κ3) is 4.88. The molecule has 1 amide bonds. The summed E-state index contributed by atoms with van der Waals surface area (Å²) in [5, 5.41) is 11.9. The van der Waals surface area contributed by atoms with Crippen molar-refractivity contribution in [1.29, 1.82) is 0 Å². The van der Waals surface area contributed by atoms with Crippen molar-refractivity contribution < 1.29 is 41.4 Å². The third-order valence-electron chi connectivity index (χ3n) is 6.83. The summed E-state index contributed by atoms with van der Waals surface area (Å²) >= 11 is 0. The molecule has 0 fully saturated rings. The van der Waals surface area contributed by atoms with Crippen molar-refractivity contribution in [2.45, 2.75) is 18.4 Å². The number of nitrogens with one attached hydrogen (secondary N) is 1. The highest BCUT2D eigenvalue weighted by Gasteiger charge is 2.30. The second-order valence-electron chi connectivity index (χ2n) is 9.21. The molecule has 5 rings (SSSR count). The van der Waals surface area contributed by atoms with Crippen LogP contribution in [0.2, 0.25) is 0 Å². The molecule has 0 heterocycles. The maximum atomic E-state index is 14.1. The standard InChI is InChI=1S/C30H20F5NO4/c31-24-23(25(32)27(34)28(35)26(24)33)16-11-9-15(10-12-16)13-22(29(37)38)36-30(39)40-14-21-19-7-3-1-5-17(19)18-6-2-4-8-20(18)21/h1-12,21-22H,13-14H2,(H,36,39)(H,37,38)/t22-/m0/s1. The summed E-state index contributed by atoms with van der Waals surface area (Å²) in [7, 11) is 0. The van der Waals surface area contributed by atoms with Gasteiger partial charge in [-0.1, -0.05) is 72.8 Å². The summed E-state index contributed by atoms with van der Waals surface area (Å²) in [6.45, 7) is -0.0250. The summed E-state index contributed by atoms with van der Waals surface area (Å²) in [5.41, 5.74) is 2.96. The predicted molar refractivity (Wildman–Crippen MR) is 135 cm³/mol. The summed E-state index contributed by atoms with van der Waals surface area (Å²) < 4.78 is 74.2. The van der Waals surface area contributed by atoms with Crippen molar-refractivity contribution in [3.05, 3.63) is 119 Å². The Morgan fingerprint density at radius 3 is 1.77 bits per heavy atom. The molecule has 0 saturated heterocycles. The highest BCUT2D eigenvalue weighted by Crippen LogP contribution is 2.44. The summed E-state index contributed by atoms with van der Waals surface area (Å²) in [4.78, 5) is 24.4. The SMILES string of the molecule is O=C(N[C@@H](Cc1ccc(-c2c(F)c(F)c(F)c(F)c2F)cc1)C(=O)O)OCC1c2ccccc2-c2ccccc21. The number of carbonyl (C=O) groups excluding carboxylic acids is 1. The minimum Gasteiger partial charge on any atom is -0.480 e. The number of fused-ring (bicyclic) bond motifs is 3. The van der Waals surface area contributed by atoms with Crippen LogP contribution in [0.15, 0.2) is 72.8 Å². The Labute approximate surface area is 224 Å². The van der Waals surface area contributed by atoms with Crippen molar-refractivity contribution in [2.75, 3.05) is 6.61 Å². The number of aliphatic carboxylic acids is 1. The molecule has 0 radical (unpaired) electrons. The van der Waals surface area contributed by atoms with E-state index in [1.165, 1.54) is 12.1 Å². The topological polar surface area (TPSA) is 75.6 Å². The lowest BCUT2D eigenvalue weighted by Crippen LogP contribution is -2.42. The normalized spacial score (nSPS) is 12.9. The van der Waals surface area contributed by atoms with E-state index in [0.717, 1.165) is 34.4 Å². The molecule has 10 heteroatoms. The van der Waals surface area contributed by atoms with Gasteiger partial charge in [-0.15, -0.1) is 0 Å². The number of halogens is 5. The molecule has 2 N–H and O–H groups in total. The average Bonchev–Trinajstić information content (AvgIpc) is 3.28. The second kappa shape index (κ2) is 10.8. The maximum Gasteiger partial charge on any atom is 0.407 e. The van der Waals surface area contributed by atoms with E-state index < -0.39 is 52.8 Å². The molecule has 0 unspecified atom stereocenters. The molecule has 0 saturated carbocycles. The van der Waals surface area contributed by atoms with Crippen LogP contribution in [0.1, 0.15) is 22.6 Å². The van der Waals surface area contributed by atoms with E-state index in [-0.39, 0.29) is 24.5 Å². The van der Waals surface area contributed by atoms with Crippen LogP contribution in [0.25, 0.3) is 22.3 Å². The molecule has 1 atom stereocenters. The number of ether oxygens (including phenoxy) is 1. The first-order chi connectivity index (χ1) is 19.2. The first-order valence-electron chi connectivity index (χ1n) is 12.1. The van der Waals surface area contributed by atoms with Crippen LogP contribution in [0.4, 0.5) is 26.7 Å². The van der Waals surface area contributed by atoms with Crippen LogP contribution in [0.5, 0.6) is 0 Å². The van der Waals surface area contributed by atoms with Gasteiger partial charge in [0.2, 0.25) is 5.82 Å². The van der Waals surface area contributed by atoms with Gasteiger partial charge in [-0.05, 0) is 33.4 Å². The number of carbonyl (C=O) groups is 2. The van der Waals surface area contributed by atoms with Gasteiger partial charge in [0, 0.05) is 12.3 Å². The Morgan fingerprint density at radius 2 is 1.25 bits per heavy atom. The largest absolute Gasteiger partial charge is 0.480 e. The van der Waals surface area contributed by atoms with E-state index in [4.69, 9.17) is 4.74 Å². The number of carboxylic acids is 1. The van der Waals surface area contributed by atoms with Gasteiger partial charge in [-0.3, -0.25) is 0 Å². The summed E-state index contributed by atoms with van der Waals surface area (Å²) in [6.07, 6.45) is -1.19. The van der Waals surface area contributed by atoms with Crippen molar-refractivity contribution in [3.8, 4) is 22.3 Å². The van der Waals surface area contributed by atoms with Crippen LogP contribution >= 0.6 is 0 Å². The Morgan fingerprint density at radius 1 is 0.750 bits per heavy atom. The molecular formula is C30H20F5NO4. The lowest BCUT2D eigenvalue weighted by molar-refractivity contribution is -0.139. The van der Waals surface area contributed by atoms with Crippen molar-refractivity contribution in [3.63, 3.8) is 0 Å². The maximum absolute atomic E-state index is 14.1. The lowest BCUT2D eigenvalue weighted by atomic mass is 9.98. The molecule has 0 aromatic heterocycles. The van der Waals surface area contributed by atoms with Gasteiger partial charge >= 0.3 is 12.1 Å². The van der Waals surface area contributed by atoms with E-state index in [2.05, 4.69) is 5.32 Å². The number of rotatable bonds is 7. The van der Waals surface area contributed by atoms with Crippen LogP contribution in [0, 0.1) is 29.1 Å². The predicted octanol–water partition coefficient (Wildman–Crippen LogP) is 6.58. The number of carboxylic acid groups (broad SMARTS) is 1.